The number of aromatic nitrogens is 2. The van der Waals surface area contributed by atoms with Gasteiger partial charge in [0.15, 0.2) is 5.82 Å². The molecule has 0 radical (unpaired) electrons. The summed E-state index contributed by atoms with van der Waals surface area (Å²) >= 11 is 0. The largest absolute Gasteiger partial charge is 0.366 e. The Morgan fingerprint density at radius 2 is 1.54 bits per heavy atom. The van der Waals surface area contributed by atoms with E-state index in [9.17, 15) is 0 Å². The fourth-order valence-corrected chi connectivity index (χ4v) is 6.00. The van der Waals surface area contributed by atoms with Gasteiger partial charge in [0.05, 0.1) is 5.69 Å². The topological polar surface area (TPSA) is 32.3 Å². The van der Waals surface area contributed by atoms with Gasteiger partial charge in [0.2, 0.25) is 0 Å². The summed E-state index contributed by atoms with van der Waals surface area (Å²) in [5.74, 6) is 3.67. The Hall–Kier alpha value is -2.88. The van der Waals surface area contributed by atoms with Crippen molar-refractivity contribution in [2.45, 2.75) is 72.3 Å². The van der Waals surface area contributed by atoms with E-state index < -0.39 is 0 Å². The number of piperidine rings is 1. The van der Waals surface area contributed by atoms with Gasteiger partial charge in [-0.1, -0.05) is 37.3 Å². The second-order valence-electron chi connectivity index (χ2n) is 11.2. The SMILES string of the molecule is Cc1ccc(C2CC2)cc1N1CCc2nc(-c3c(C)cccc3C)nc(N3CCC(C)CC3)c2C1. The summed E-state index contributed by atoms with van der Waals surface area (Å²) < 4.78 is 0. The quantitative estimate of drug-likeness (QED) is 0.426. The summed E-state index contributed by atoms with van der Waals surface area (Å²) in [5.41, 5.74) is 10.6. The third-order valence-electron chi connectivity index (χ3n) is 8.45. The summed E-state index contributed by atoms with van der Waals surface area (Å²) in [6, 6.07) is 13.6. The van der Waals surface area contributed by atoms with Gasteiger partial charge in [-0.05, 0) is 86.6 Å². The number of anilines is 2. The molecule has 3 aromatic rings. The first-order valence-corrected chi connectivity index (χ1v) is 13.5. The fourth-order valence-electron chi connectivity index (χ4n) is 6.00. The Bertz CT molecular complexity index is 1230. The molecular formula is C31H38N4. The highest BCUT2D eigenvalue weighted by Gasteiger charge is 2.30. The molecule has 182 valence electrons. The van der Waals surface area contributed by atoms with Crippen molar-refractivity contribution in [1.29, 1.82) is 0 Å². The smallest absolute Gasteiger partial charge is 0.162 e. The van der Waals surface area contributed by atoms with E-state index in [1.165, 1.54) is 76.3 Å². The zero-order valence-electron chi connectivity index (χ0n) is 21.8. The normalized spacial score (nSPS) is 18.6. The third kappa shape index (κ3) is 4.32. The number of rotatable bonds is 4. The molecule has 0 spiro atoms. The van der Waals surface area contributed by atoms with Gasteiger partial charge in [-0.2, -0.15) is 0 Å². The first kappa shape index (κ1) is 22.6. The standard InChI is InChI=1S/C31H38N4/c1-20-12-15-34(16-13-20)31-26-19-35(28-18-25(24-10-11-24)9-8-21(28)2)17-14-27(26)32-30(33-31)29-22(3)6-5-7-23(29)4/h5-9,18,20,24H,10-17,19H2,1-4H3. The van der Waals surface area contributed by atoms with Crippen molar-refractivity contribution in [2.24, 2.45) is 5.92 Å². The lowest BCUT2D eigenvalue weighted by Gasteiger charge is -2.37. The number of benzene rings is 2. The summed E-state index contributed by atoms with van der Waals surface area (Å²) in [6.07, 6.45) is 6.14. The van der Waals surface area contributed by atoms with Crippen molar-refractivity contribution in [1.82, 2.24) is 9.97 Å². The van der Waals surface area contributed by atoms with Gasteiger partial charge in [-0.25, -0.2) is 9.97 Å². The lowest BCUT2D eigenvalue weighted by atomic mass is 9.97. The molecule has 3 aliphatic rings. The molecule has 0 atom stereocenters. The highest BCUT2D eigenvalue weighted by atomic mass is 15.2. The predicted molar refractivity (Wildman–Crippen MR) is 145 cm³/mol. The van der Waals surface area contributed by atoms with Gasteiger partial charge in [-0.3, -0.25) is 0 Å². The molecular weight excluding hydrogens is 428 g/mol. The van der Waals surface area contributed by atoms with Crippen LogP contribution in [0.3, 0.4) is 0 Å². The lowest BCUT2D eigenvalue weighted by Crippen LogP contribution is -2.38. The monoisotopic (exact) mass is 466 g/mol. The number of hydrogen-bond acceptors (Lipinski definition) is 4. The first-order chi connectivity index (χ1) is 17.0. The van der Waals surface area contributed by atoms with Gasteiger partial charge in [0.1, 0.15) is 5.82 Å². The number of aryl methyl sites for hydroxylation is 3. The van der Waals surface area contributed by atoms with E-state index in [0.29, 0.717) is 0 Å². The maximum absolute atomic E-state index is 5.32. The van der Waals surface area contributed by atoms with E-state index in [1.54, 1.807) is 0 Å². The summed E-state index contributed by atoms with van der Waals surface area (Å²) in [4.78, 5) is 15.7. The van der Waals surface area contributed by atoms with Crippen LogP contribution in [-0.2, 0) is 13.0 Å². The van der Waals surface area contributed by atoms with Crippen LogP contribution in [-0.4, -0.2) is 29.6 Å². The minimum atomic E-state index is 0.778. The minimum Gasteiger partial charge on any atom is -0.366 e. The molecule has 2 fully saturated rings. The fraction of sp³-hybridized carbons (Fsp3) is 0.484. The Labute approximate surface area is 210 Å². The second kappa shape index (κ2) is 8.96. The van der Waals surface area contributed by atoms with Crippen LogP contribution in [0.4, 0.5) is 11.5 Å². The molecule has 1 saturated heterocycles. The summed E-state index contributed by atoms with van der Waals surface area (Å²) in [5, 5.41) is 0. The number of fused-ring (bicyclic) bond motifs is 1. The van der Waals surface area contributed by atoms with Crippen molar-refractivity contribution in [3.63, 3.8) is 0 Å². The van der Waals surface area contributed by atoms with Crippen LogP contribution in [0.25, 0.3) is 11.4 Å². The van der Waals surface area contributed by atoms with Crippen LogP contribution in [0.5, 0.6) is 0 Å². The predicted octanol–water partition coefficient (Wildman–Crippen LogP) is 6.75. The summed E-state index contributed by atoms with van der Waals surface area (Å²) in [6.45, 7) is 13.1. The molecule has 35 heavy (non-hydrogen) atoms. The molecule has 4 heteroatoms. The van der Waals surface area contributed by atoms with Crippen molar-refractivity contribution in [3.8, 4) is 11.4 Å². The zero-order chi connectivity index (χ0) is 24.1. The van der Waals surface area contributed by atoms with E-state index in [-0.39, 0.29) is 0 Å². The molecule has 1 aromatic heterocycles. The highest BCUT2D eigenvalue weighted by molar-refractivity contribution is 5.68. The Kier molecular flexibility index (Phi) is 5.78. The molecule has 6 rings (SSSR count). The molecule has 1 saturated carbocycles. The van der Waals surface area contributed by atoms with Gasteiger partial charge in [0, 0.05) is 49.4 Å². The maximum Gasteiger partial charge on any atom is 0.162 e. The third-order valence-corrected chi connectivity index (χ3v) is 8.45. The van der Waals surface area contributed by atoms with Gasteiger partial charge in [-0.15, -0.1) is 0 Å². The Morgan fingerprint density at radius 3 is 2.26 bits per heavy atom. The van der Waals surface area contributed by atoms with Crippen molar-refractivity contribution in [3.05, 3.63) is 69.9 Å². The Morgan fingerprint density at radius 1 is 0.800 bits per heavy atom. The zero-order valence-corrected chi connectivity index (χ0v) is 21.8. The van der Waals surface area contributed by atoms with E-state index in [2.05, 4.69) is 73.9 Å². The number of nitrogens with zero attached hydrogens (tertiary/aromatic N) is 4. The molecule has 0 amide bonds. The molecule has 0 N–H and O–H groups in total. The Balaban J connectivity index is 1.42. The van der Waals surface area contributed by atoms with Crippen LogP contribution < -0.4 is 9.80 Å². The summed E-state index contributed by atoms with van der Waals surface area (Å²) in [7, 11) is 0. The highest BCUT2D eigenvalue weighted by Crippen LogP contribution is 2.42. The van der Waals surface area contributed by atoms with E-state index in [4.69, 9.17) is 9.97 Å². The molecule has 0 bridgehead atoms. The van der Waals surface area contributed by atoms with E-state index in [1.807, 2.05) is 0 Å². The van der Waals surface area contributed by atoms with Crippen molar-refractivity contribution in [2.75, 3.05) is 29.4 Å². The van der Waals surface area contributed by atoms with Gasteiger partial charge < -0.3 is 9.80 Å². The maximum atomic E-state index is 5.32. The van der Waals surface area contributed by atoms with E-state index >= 15 is 0 Å². The molecule has 2 aromatic carbocycles. The lowest BCUT2D eigenvalue weighted by molar-refractivity contribution is 0.435. The first-order valence-electron chi connectivity index (χ1n) is 13.5. The van der Waals surface area contributed by atoms with Crippen LogP contribution in [0.1, 0.15) is 72.0 Å². The van der Waals surface area contributed by atoms with Gasteiger partial charge in [0.25, 0.3) is 0 Å². The van der Waals surface area contributed by atoms with Crippen LogP contribution in [0.15, 0.2) is 36.4 Å². The molecule has 4 nitrogen and oxygen atoms in total. The molecule has 3 heterocycles. The van der Waals surface area contributed by atoms with Crippen molar-refractivity contribution < 1.29 is 0 Å². The minimum absolute atomic E-state index is 0.778. The molecule has 1 aliphatic carbocycles. The van der Waals surface area contributed by atoms with Crippen LogP contribution in [0.2, 0.25) is 0 Å². The van der Waals surface area contributed by atoms with E-state index in [0.717, 1.165) is 50.3 Å². The van der Waals surface area contributed by atoms with Crippen LogP contribution >= 0.6 is 0 Å². The van der Waals surface area contributed by atoms with Gasteiger partial charge >= 0.3 is 0 Å². The second-order valence-corrected chi connectivity index (χ2v) is 11.2. The molecule has 2 aliphatic heterocycles. The van der Waals surface area contributed by atoms with Crippen LogP contribution in [0, 0.1) is 26.7 Å². The molecule has 0 unspecified atom stereocenters. The number of hydrogen-bond donors (Lipinski definition) is 0. The average Bonchev–Trinajstić information content (AvgIpc) is 3.70. The van der Waals surface area contributed by atoms with Crippen molar-refractivity contribution >= 4 is 11.5 Å². The average molecular weight is 467 g/mol.